The smallest absolute Gasteiger partial charge is 0.336 e. The molecule has 0 aromatic heterocycles. The summed E-state index contributed by atoms with van der Waals surface area (Å²) in [5.74, 6) is 1.50. The summed E-state index contributed by atoms with van der Waals surface area (Å²) in [4.78, 5) is 12.3. The number of urea groups is 1. The van der Waals surface area contributed by atoms with Gasteiger partial charge in [0, 0.05) is 25.2 Å². The summed E-state index contributed by atoms with van der Waals surface area (Å²) in [5, 5.41) is 4.46. The summed E-state index contributed by atoms with van der Waals surface area (Å²) in [6.07, 6.45) is 3.20. The van der Waals surface area contributed by atoms with Crippen molar-refractivity contribution in [2.75, 3.05) is 39.7 Å². The average molecular weight is 309 g/mol. The SMILES string of the molecule is COc1cc(NC(=O)N2CCCCCN2)cc(OC)c1OC. The molecule has 0 atom stereocenters. The number of carbonyl (C=O) groups is 1. The van der Waals surface area contributed by atoms with Crippen LogP contribution in [-0.2, 0) is 0 Å². The van der Waals surface area contributed by atoms with E-state index in [1.165, 1.54) is 0 Å². The van der Waals surface area contributed by atoms with Crippen molar-refractivity contribution in [3.05, 3.63) is 12.1 Å². The summed E-state index contributed by atoms with van der Waals surface area (Å²) in [5.41, 5.74) is 3.70. The number of anilines is 1. The van der Waals surface area contributed by atoms with E-state index in [1.807, 2.05) is 0 Å². The van der Waals surface area contributed by atoms with E-state index < -0.39 is 0 Å². The van der Waals surface area contributed by atoms with Crippen molar-refractivity contribution in [3.63, 3.8) is 0 Å². The first-order chi connectivity index (χ1) is 10.7. The molecule has 2 N–H and O–H groups in total. The Labute approximate surface area is 130 Å². The number of hydrogen-bond acceptors (Lipinski definition) is 5. The average Bonchev–Trinajstić information content (AvgIpc) is 2.83. The number of nitrogens with zero attached hydrogens (tertiary/aromatic N) is 1. The number of benzene rings is 1. The highest BCUT2D eigenvalue weighted by molar-refractivity contribution is 5.90. The summed E-state index contributed by atoms with van der Waals surface area (Å²) in [6.45, 7) is 1.50. The highest BCUT2D eigenvalue weighted by atomic mass is 16.5. The van der Waals surface area contributed by atoms with E-state index in [0.29, 0.717) is 29.5 Å². The zero-order chi connectivity index (χ0) is 15.9. The molecule has 0 radical (unpaired) electrons. The molecule has 0 aliphatic carbocycles. The second-order valence-corrected chi connectivity index (χ2v) is 4.96. The minimum absolute atomic E-state index is 0.198. The lowest BCUT2D eigenvalue weighted by molar-refractivity contribution is 0.189. The van der Waals surface area contributed by atoms with E-state index in [9.17, 15) is 4.79 Å². The summed E-state index contributed by atoms with van der Waals surface area (Å²) in [6, 6.07) is 3.21. The lowest BCUT2D eigenvalue weighted by atomic mass is 10.2. The molecule has 22 heavy (non-hydrogen) atoms. The van der Waals surface area contributed by atoms with Crippen LogP contribution >= 0.6 is 0 Å². The molecular formula is C15H23N3O4. The molecule has 1 heterocycles. The van der Waals surface area contributed by atoms with Crippen LogP contribution in [0.4, 0.5) is 10.5 Å². The second-order valence-electron chi connectivity index (χ2n) is 4.96. The standard InChI is InChI=1S/C15H23N3O4/c1-20-12-9-11(10-13(21-2)14(12)22-3)17-15(19)18-8-6-4-5-7-16-18/h9-10,16H,4-8H2,1-3H3,(H,17,19). The fraction of sp³-hybridized carbons (Fsp3) is 0.533. The maximum Gasteiger partial charge on any atom is 0.336 e. The van der Waals surface area contributed by atoms with Crippen LogP contribution in [-0.4, -0.2) is 45.5 Å². The van der Waals surface area contributed by atoms with E-state index in [4.69, 9.17) is 14.2 Å². The minimum atomic E-state index is -0.198. The van der Waals surface area contributed by atoms with E-state index in [2.05, 4.69) is 10.7 Å². The number of rotatable bonds is 4. The highest BCUT2D eigenvalue weighted by Gasteiger charge is 2.18. The number of hydrazine groups is 1. The molecule has 7 nitrogen and oxygen atoms in total. The molecule has 1 aromatic carbocycles. The second kappa shape index (κ2) is 7.74. The molecular weight excluding hydrogens is 286 g/mol. The van der Waals surface area contributed by atoms with Crippen LogP contribution < -0.4 is 25.0 Å². The zero-order valence-electron chi connectivity index (χ0n) is 13.3. The largest absolute Gasteiger partial charge is 0.493 e. The number of methoxy groups -OCH3 is 3. The Morgan fingerprint density at radius 2 is 1.77 bits per heavy atom. The lowest BCUT2D eigenvalue weighted by Crippen LogP contribution is -2.44. The van der Waals surface area contributed by atoms with Gasteiger partial charge in [-0.15, -0.1) is 0 Å². The number of carbonyl (C=O) groups excluding carboxylic acids is 1. The molecule has 2 amide bonds. The fourth-order valence-corrected chi connectivity index (χ4v) is 2.38. The summed E-state index contributed by atoms with van der Waals surface area (Å²) < 4.78 is 15.8. The summed E-state index contributed by atoms with van der Waals surface area (Å²) in [7, 11) is 4.62. The van der Waals surface area contributed by atoms with Crippen LogP contribution in [0.3, 0.4) is 0 Å². The number of amides is 2. The van der Waals surface area contributed by atoms with Gasteiger partial charge in [-0.1, -0.05) is 6.42 Å². The van der Waals surface area contributed by atoms with Gasteiger partial charge in [0.2, 0.25) is 5.75 Å². The van der Waals surface area contributed by atoms with Crippen LogP contribution in [0, 0.1) is 0 Å². The van der Waals surface area contributed by atoms with Crippen molar-refractivity contribution in [1.29, 1.82) is 0 Å². The molecule has 0 unspecified atom stereocenters. The molecule has 1 fully saturated rings. The first-order valence-electron chi connectivity index (χ1n) is 7.31. The van der Waals surface area contributed by atoms with Crippen molar-refractivity contribution in [2.45, 2.75) is 19.3 Å². The maximum atomic E-state index is 12.3. The normalized spacial score (nSPS) is 15.0. The van der Waals surface area contributed by atoms with E-state index >= 15 is 0 Å². The van der Waals surface area contributed by atoms with E-state index in [-0.39, 0.29) is 6.03 Å². The first-order valence-corrected chi connectivity index (χ1v) is 7.31. The quantitative estimate of drug-likeness (QED) is 0.892. The van der Waals surface area contributed by atoms with Gasteiger partial charge in [0.1, 0.15) is 0 Å². The molecule has 122 valence electrons. The van der Waals surface area contributed by atoms with Gasteiger partial charge in [0.05, 0.1) is 27.0 Å². The monoisotopic (exact) mass is 309 g/mol. The van der Waals surface area contributed by atoms with Gasteiger partial charge in [-0.25, -0.2) is 10.2 Å². The number of hydrogen-bond donors (Lipinski definition) is 2. The van der Waals surface area contributed by atoms with E-state index in [0.717, 1.165) is 25.8 Å². The zero-order valence-corrected chi connectivity index (χ0v) is 13.3. The third-order valence-corrected chi connectivity index (χ3v) is 3.52. The molecule has 1 aromatic rings. The van der Waals surface area contributed by atoms with Gasteiger partial charge in [-0.2, -0.15) is 0 Å². The molecule has 1 aliphatic heterocycles. The predicted octanol–water partition coefficient (Wildman–Crippen LogP) is 2.23. The van der Waals surface area contributed by atoms with Crippen molar-refractivity contribution >= 4 is 11.7 Å². The topological polar surface area (TPSA) is 72.1 Å². The Kier molecular flexibility index (Phi) is 5.71. The molecule has 1 saturated heterocycles. The van der Waals surface area contributed by atoms with E-state index in [1.54, 1.807) is 38.5 Å². The molecule has 0 bridgehead atoms. The Hall–Kier alpha value is -2.15. The van der Waals surface area contributed by atoms with Crippen molar-refractivity contribution in [1.82, 2.24) is 10.4 Å². The molecule has 7 heteroatoms. The van der Waals surface area contributed by atoms with Gasteiger partial charge in [0.15, 0.2) is 11.5 Å². The summed E-state index contributed by atoms with van der Waals surface area (Å²) >= 11 is 0. The first kappa shape index (κ1) is 16.2. The molecule has 1 aliphatic rings. The minimum Gasteiger partial charge on any atom is -0.493 e. The van der Waals surface area contributed by atoms with Crippen LogP contribution in [0.2, 0.25) is 0 Å². The Morgan fingerprint density at radius 1 is 1.09 bits per heavy atom. The molecule has 0 spiro atoms. The van der Waals surface area contributed by atoms with Crippen molar-refractivity contribution in [2.24, 2.45) is 0 Å². The van der Waals surface area contributed by atoms with Crippen LogP contribution in [0.25, 0.3) is 0 Å². The Bertz CT molecular complexity index is 489. The van der Waals surface area contributed by atoms with Gasteiger partial charge in [-0.3, -0.25) is 5.01 Å². The number of nitrogens with one attached hydrogen (secondary N) is 2. The van der Waals surface area contributed by atoms with Crippen molar-refractivity contribution < 1.29 is 19.0 Å². The third-order valence-electron chi connectivity index (χ3n) is 3.52. The maximum absolute atomic E-state index is 12.3. The molecule has 0 saturated carbocycles. The third kappa shape index (κ3) is 3.73. The Morgan fingerprint density at radius 3 is 2.36 bits per heavy atom. The highest BCUT2D eigenvalue weighted by Crippen LogP contribution is 2.39. The fourth-order valence-electron chi connectivity index (χ4n) is 2.38. The van der Waals surface area contributed by atoms with Gasteiger partial charge < -0.3 is 19.5 Å². The Balaban J connectivity index is 2.16. The van der Waals surface area contributed by atoms with Crippen LogP contribution in [0.5, 0.6) is 17.2 Å². The van der Waals surface area contributed by atoms with Gasteiger partial charge in [-0.05, 0) is 12.8 Å². The van der Waals surface area contributed by atoms with Gasteiger partial charge in [0.25, 0.3) is 0 Å². The van der Waals surface area contributed by atoms with Gasteiger partial charge >= 0.3 is 6.03 Å². The number of ether oxygens (including phenoxy) is 3. The lowest BCUT2D eigenvalue weighted by Gasteiger charge is -2.22. The van der Waals surface area contributed by atoms with Crippen LogP contribution in [0.15, 0.2) is 12.1 Å². The van der Waals surface area contributed by atoms with Crippen LogP contribution in [0.1, 0.15) is 19.3 Å². The predicted molar refractivity (Wildman–Crippen MR) is 83.7 cm³/mol. The van der Waals surface area contributed by atoms with Crippen molar-refractivity contribution in [3.8, 4) is 17.2 Å². The molecule has 2 rings (SSSR count).